The normalized spacial score (nSPS) is 19.3. The molecule has 1 N–H and O–H groups in total. The zero-order valence-corrected chi connectivity index (χ0v) is 14.0. The number of hydrogen-bond donors (Lipinski definition) is 1. The summed E-state index contributed by atoms with van der Waals surface area (Å²) < 4.78 is 11.6. The lowest BCUT2D eigenvalue weighted by molar-refractivity contribution is -0.132. The molecule has 21 heavy (non-hydrogen) atoms. The van der Waals surface area contributed by atoms with Crippen molar-refractivity contribution in [2.24, 2.45) is 0 Å². The lowest BCUT2D eigenvalue weighted by Crippen LogP contribution is -2.53. The molecule has 1 aromatic rings. The van der Waals surface area contributed by atoms with Crippen molar-refractivity contribution >= 4 is 21.8 Å². The number of morpholine rings is 1. The molecule has 1 saturated heterocycles. The van der Waals surface area contributed by atoms with E-state index in [-0.39, 0.29) is 11.9 Å². The van der Waals surface area contributed by atoms with Crippen LogP contribution in [0.5, 0.6) is 5.75 Å². The zero-order valence-electron chi connectivity index (χ0n) is 12.4. The third-order valence-electron chi connectivity index (χ3n) is 3.49. The predicted molar refractivity (Wildman–Crippen MR) is 84.4 cm³/mol. The van der Waals surface area contributed by atoms with Crippen LogP contribution in [0.15, 0.2) is 22.7 Å². The first-order valence-electron chi connectivity index (χ1n) is 7.07. The number of methoxy groups -OCH3 is 1. The maximum absolute atomic E-state index is 12.1. The Morgan fingerprint density at radius 3 is 3.05 bits per heavy atom. The molecule has 1 atom stereocenters. The van der Waals surface area contributed by atoms with Crippen LogP contribution in [0.1, 0.15) is 12.5 Å². The Morgan fingerprint density at radius 1 is 1.57 bits per heavy atom. The van der Waals surface area contributed by atoms with Crippen molar-refractivity contribution in [1.29, 1.82) is 0 Å². The van der Waals surface area contributed by atoms with Crippen LogP contribution in [0.4, 0.5) is 0 Å². The Hall–Kier alpha value is -1.11. The third kappa shape index (κ3) is 4.18. The summed E-state index contributed by atoms with van der Waals surface area (Å²) in [7, 11) is 1.65. The summed E-state index contributed by atoms with van der Waals surface area (Å²) >= 11 is 3.49. The number of nitrogens with zero attached hydrogens (tertiary/aromatic N) is 1. The van der Waals surface area contributed by atoms with Gasteiger partial charge in [0.25, 0.3) is 0 Å². The predicted octanol–water partition coefficient (Wildman–Crippen LogP) is 1.79. The number of nitrogens with one attached hydrogen (secondary N) is 1. The first kappa shape index (κ1) is 16.3. The van der Waals surface area contributed by atoms with E-state index in [0.717, 1.165) is 22.3 Å². The second-order valence-corrected chi connectivity index (χ2v) is 5.78. The standard InChI is InChI=1S/C15H21BrN2O3/c1-3-17-15(19)13-10-21-7-6-18(13)9-11-4-5-14(20-2)12(16)8-11/h4-5,8,13H,3,6-7,9-10H2,1-2H3,(H,17,19). The van der Waals surface area contributed by atoms with Crippen LogP contribution in [-0.4, -0.2) is 50.3 Å². The lowest BCUT2D eigenvalue weighted by atomic mass is 10.1. The average molecular weight is 357 g/mol. The topological polar surface area (TPSA) is 50.8 Å². The Balaban J connectivity index is 2.08. The van der Waals surface area contributed by atoms with Gasteiger partial charge in [-0.2, -0.15) is 0 Å². The minimum absolute atomic E-state index is 0.0322. The van der Waals surface area contributed by atoms with Gasteiger partial charge >= 0.3 is 0 Å². The molecule has 2 rings (SSSR count). The van der Waals surface area contributed by atoms with Crippen LogP contribution in [-0.2, 0) is 16.1 Å². The average Bonchev–Trinajstić information content (AvgIpc) is 2.48. The highest BCUT2D eigenvalue weighted by atomic mass is 79.9. The molecule has 0 spiro atoms. The van der Waals surface area contributed by atoms with Crippen molar-refractivity contribution in [3.8, 4) is 5.75 Å². The molecule has 0 aliphatic carbocycles. The van der Waals surface area contributed by atoms with Crippen LogP contribution < -0.4 is 10.1 Å². The van der Waals surface area contributed by atoms with Gasteiger partial charge in [0.05, 0.1) is 24.8 Å². The van der Waals surface area contributed by atoms with Crippen molar-refractivity contribution < 1.29 is 14.3 Å². The number of hydrogen-bond acceptors (Lipinski definition) is 4. The molecule has 0 radical (unpaired) electrons. The number of carbonyl (C=O) groups is 1. The summed E-state index contributed by atoms with van der Waals surface area (Å²) in [4.78, 5) is 14.3. The van der Waals surface area contributed by atoms with Gasteiger partial charge < -0.3 is 14.8 Å². The van der Waals surface area contributed by atoms with Crippen molar-refractivity contribution in [3.63, 3.8) is 0 Å². The zero-order chi connectivity index (χ0) is 15.2. The van der Waals surface area contributed by atoms with Gasteiger partial charge in [0, 0.05) is 19.6 Å². The van der Waals surface area contributed by atoms with Crippen LogP contribution in [0.2, 0.25) is 0 Å². The van der Waals surface area contributed by atoms with Crippen LogP contribution in [0, 0.1) is 0 Å². The third-order valence-corrected chi connectivity index (χ3v) is 4.11. The SMILES string of the molecule is CCNC(=O)C1COCCN1Cc1ccc(OC)c(Br)c1. The highest BCUT2D eigenvalue weighted by molar-refractivity contribution is 9.10. The van der Waals surface area contributed by atoms with E-state index in [1.807, 2.05) is 25.1 Å². The molecule has 1 aliphatic heterocycles. The van der Waals surface area contributed by atoms with Crippen molar-refractivity contribution in [2.75, 3.05) is 33.4 Å². The lowest BCUT2D eigenvalue weighted by Gasteiger charge is -2.34. The molecular formula is C15H21BrN2O3. The molecule has 1 amide bonds. The minimum atomic E-state index is -0.223. The Kier molecular flexibility index (Phi) is 6.02. The fourth-order valence-corrected chi connectivity index (χ4v) is 2.99. The van der Waals surface area contributed by atoms with Gasteiger partial charge in [0.1, 0.15) is 11.8 Å². The van der Waals surface area contributed by atoms with E-state index in [1.165, 1.54) is 0 Å². The van der Waals surface area contributed by atoms with Gasteiger partial charge in [-0.3, -0.25) is 9.69 Å². The molecule has 116 valence electrons. The first-order valence-corrected chi connectivity index (χ1v) is 7.87. The highest BCUT2D eigenvalue weighted by Crippen LogP contribution is 2.26. The number of benzene rings is 1. The quantitative estimate of drug-likeness (QED) is 0.873. The smallest absolute Gasteiger partial charge is 0.239 e. The fraction of sp³-hybridized carbons (Fsp3) is 0.533. The molecule has 5 nitrogen and oxygen atoms in total. The van der Waals surface area contributed by atoms with E-state index in [1.54, 1.807) is 7.11 Å². The second kappa shape index (κ2) is 7.77. The Labute approximate surface area is 133 Å². The Bertz CT molecular complexity index is 496. The summed E-state index contributed by atoms with van der Waals surface area (Å²) in [5.74, 6) is 0.839. The highest BCUT2D eigenvalue weighted by Gasteiger charge is 2.29. The molecule has 0 saturated carbocycles. The van der Waals surface area contributed by atoms with Crippen molar-refractivity contribution in [2.45, 2.75) is 19.5 Å². The molecule has 1 heterocycles. The van der Waals surface area contributed by atoms with E-state index < -0.39 is 0 Å². The fourth-order valence-electron chi connectivity index (χ4n) is 2.40. The van der Waals surface area contributed by atoms with E-state index in [9.17, 15) is 4.79 Å². The molecule has 0 bridgehead atoms. The second-order valence-electron chi connectivity index (χ2n) is 4.92. The van der Waals surface area contributed by atoms with Gasteiger partial charge in [-0.1, -0.05) is 6.07 Å². The van der Waals surface area contributed by atoms with E-state index in [2.05, 4.69) is 26.1 Å². The van der Waals surface area contributed by atoms with E-state index in [0.29, 0.717) is 26.3 Å². The molecule has 0 aromatic heterocycles. The number of ether oxygens (including phenoxy) is 2. The molecule has 1 unspecified atom stereocenters. The van der Waals surface area contributed by atoms with Crippen LogP contribution in [0.3, 0.4) is 0 Å². The van der Waals surface area contributed by atoms with E-state index in [4.69, 9.17) is 9.47 Å². The first-order chi connectivity index (χ1) is 10.2. The van der Waals surface area contributed by atoms with Crippen molar-refractivity contribution in [1.82, 2.24) is 10.2 Å². The van der Waals surface area contributed by atoms with Gasteiger partial charge in [-0.05, 0) is 40.5 Å². The number of halogens is 1. The maximum Gasteiger partial charge on any atom is 0.239 e. The monoisotopic (exact) mass is 356 g/mol. The van der Waals surface area contributed by atoms with Gasteiger partial charge in [0.15, 0.2) is 0 Å². The minimum Gasteiger partial charge on any atom is -0.496 e. The summed E-state index contributed by atoms with van der Waals surface area (Å²) in [6, 6.07) is 5.76. The summed E-state index contributed by atoms with van der Waals surface area (Å²) in [6.07, 6.45) is 0. The molecular weight excluding hydrogens is 336 g/mol. The molecule has 1 fully saturated rings. The summed E-state index contributed by atoms with van der Waals surface area (Å²) in [5, 5.41) is 2.87. The molecule has 6 heteroatoms. The molecule has 1 aliphatic rings. The number of likely N-dealkylation sites (N-methyl/N-ethyl adjacent to an activating group) is 1. The van der Waals surface area contributed by atoms with Crippen molar-refractivity contribution in [3.05, 3.63) is 28.2 Å². The van der Waals surface area contributed by atoms with Gasteiger partial charge in [0.2, 0.25) is 5.91 Å². The number of amides is 1. The van der Waals surface area contributed by atoms with Crippen LogP contribution >= 0.6 is 15.9 Å². The summed E-state index contributed by atoms with van der Waals surface area (Å²) in [6.45, 7) is 5.14. The summed E-state index contributed by atoms with van der Waals surface area (Å²) in [5.41, 5.74) is 1.14. The van der Waals surface area contributed by atoms with E-state index >= 15 is 0 Å². The Morgan fingerprint density at radius 2 is 2.38 bits per heavy atom. The molecule has 1 aromatic carbocycles. The maximum atomic E-state index is 12.1. The van der Waals surface area contributed by atoms with Gasteiger partial charge in [-0.25, -0.2) is 0 Å². The number of carbonyl (C=O) groups excluding carboxylic acids is 1. The number of rotatable bonds is 5. The van der Waals surface area contributed by atoms with Gasteiger partial charge in [-0.15, -0.1) is 0 Å². The van der Waals surface area contributed by atoms with Crippen LogP contribution in [0.25, 0.3) is 0 Å². The largest absolute Gasteiger partial charge is 0.496 e.